The van der Waals surface area contributed by atoms with Gasteiger partial charge in [0, 0.05) is 24.2 Å². The van der Waals surface area contributed by atoms with Crippen molar-refractivity contribution in [3.63, 3.8) is 0 Å². The van der Waals surface area contributed by atoms with Gasteiger partial charge in [0.25, 0.3) is 0 Å². The molecule has 1 aromatic rings. The van der Waals surface area contributed by atoms with Gasteiger partial charge in [-0.3, -0.25) is 4.79 Å². The van der Waals surface area contributed by atoms with Crippen LogP contribution in [0, 0.1) is 12.8 Å². The average Bonchev–Trinajstić information content (AvgIpc) is 2.65. The molecule has 0 radical (unpaired) electrons. The number of aryl methyl sites for hydroxylation is 1. The molecule has 1 aliphatic carbocycles. The highest BCUT2D eigenvalue weighted by Crippen LogP contribution is 2.27. The first-order valence-corrected chi connectivity index (χ1v) is 11.3. The first-order chi connectivity index (χ1) is 12.4. The fraction of sp³-hybridized carbons (Fsp3) is 0.632. The maximum absolute atomic E-state index is 12.9. The van der Waals surface area contributed by atoms with Gasteiger partial charge in [-0.15, -0.1) is 0 Å². The van der Waals surface area contributed by atoms with E-state index < -0.39 is 10.0 Å². The molecular weight excluding hydrogens is 372 g/mol. The van der Waals surface area contributed by atoms with E-state index in [4.69, 9.17) is 11.6 Å². The fourth-order valence-electron chi connectivity index (χ4n) is 3.82. The molecule has 144 valence electrons. The fourth-order valence-corrected chi connectivity index (χ4v) is 5.62. The molecule has 1 heterocycles. The zero-order chi connectivity index (χ0) is 18.7. The van der Waals surface area contributed by atoms with Crippen molar-refractivity contribution in [2.75, 3.05) is 13.1 Å². The van der Waals surface area contributed by atoms with Crippen molar-refractivity contribution >= 4 is 27.5 Å². The molecule has 1 aromatic carbocycles. The number of nitrogens with zero attached hydrogens (tertiary/aromatic N) is 1. The van der Waals surface area contributed by atoms with Crippen LogP contribution in [0.25, 0.3) is 0 Å². The summed E-state index contributed by atoms with van der Waals surface area (Å²) in [5.41, 5.74) is 0.842. The summed E-state index contributed by atoms with van der Waals surface area (Å²) in [7, 11) is -3.63. The number of benzene rings is 1. The van der Waals surface area contributed by atoms with Gasteiger partial charge in [0.2, 0.25) is 15.9 Å². The number of sulfonamides is 1. The summed E-state index contributed by atoms with van der Waals surface area (Å²) in [6.07, 6.45) is 7.04. The van der Waals surface area contributed by atoms with Crippen molar-refractivity contribution < 1.29 is 13.2 Å². The molecule has 2 fully saturated rings. The van der Waals surface area contributed by atoms with Crippen LogP contribution in [0.3, 0.4) is 0 Å². The lowest BCUT2D eigenvalue weighted by Gasteiger charge is -2.32. The number of carbonyl (C=O) groups is 1. The van der Waals surface area contributed by atoms with Gasteiger partial charge in [0.15, 0.2) is 0 Å². The van der Waals surface area contributed by atoms with E-state index in [1.165, 1.54) is 16.8 Å². The molecule has 3 rings (SSSR count). The van der Waals surface area contributed by atoms with Gasteiger partial charge in [-0.25, -0.2) is 8.42 Å². The molecule has 26 heavy (non-hydrogen) atoms. The molecule has 1 atom stereocenters. The lowest BCUT2D eigenvalue weighted by Crippen LogP contribution is -2.47. The van der Waals surface area contributed by atoms with Crippen LogP contribution in [0.15, 0.2) is 23.1 Å². The molecule has 1 amide bonds. The second kappa shape index (κ2) is 8.28. The van der Waals surface area contributed by atoms with Gasteiger partial charge in [0.1, 0.15) is 0 Å². The van der Waals surface area contributed by atoms with E-state index >= 15 is 0 Å². The van der Waals surface area contributed by atoms with Crippen molar-refractivity contribution in [2.45, 2.75) is 62.8 Å². The first-order valence-electron chi connectivity index (χ1n) is 9.44. The summed E-state index contributed by atoms with van der Waals surface area (Å²) in [5, 5.41) is 3.57. The Morgan fingerprint density at radius 1 is 1.15 bits per heavy atom. The predicted octanol–water partition coefficient (Wildman–Crippen LogP) is 3.50. The highest BCUT2D eigenvalue weighted by atomic mass is 35.5. The third-order valence-corrected chi connectivity index (χ3v) is 7.76. The van der Waals surface area contributed by atoms with Crippen LogP contribution in [0.2, 0.25) is 5.02 Å². The molecule has 1 saturated heterocycles. The number of carbonyl (C=O) groups excluding carboxylic acids is 1. The van der Waals surface area contributed by atoms with E-state index in [9.17, 15) is 13.2 Å². The largest absolute Gasteiger partial charge is 0.353 e. The minimum atomic E-state index is -3.63. The highest BCUT2D eigenvalue weighted by molar-refractivity contribution is 7.89. The smallest absolute Gasteiger partial charge is 0.243 e. The SMILES string of the molecule is Cc1ccc(S(=O)(=O)N2CCC[C@H](C(=O)NC3CCCCC3)C2)cc1Cl. The summed E-state index contributed by atoms with van der Waals surface area (Å²) in [5.74, 6) is -0.278. The molecular formula is C19H27ClN2O3S. The van der Waals surface area contributed by atoms with Crippen LogP contribution in [0.5, 0.6) is 0 Å². The number of hydrogen-bond acceptors (Lipinski definition) is 3. The number of hydrogen-bond donors (Lipinski definition) is 1. The van der Waals surface area contributed by atoms with Gasteiger partial charge in [0.05, 0.1) is 10.8 Å². The van der Waals surface area contributed by atoms with E-state index in [1.54, 1.807) is 12.1 Å². The maximum atomic E-state index is 12.9. The Hall–Kier alpha value is -1.11. The van der Waals surface area contributed by atoms with Crippen molar-refractivity contribution in [1.82, 2.24) is 9.62 Å². The minimum absolute atomic E-state index is 0.00117. The average molecular weight is 399 g/mol. The number of nitrogens with one attached hydrogen (secondary N) is 1. The number of amides is 1. The van der Waals surface area contributed by atoms with E-state index in [0.29, 0.717) is 18.0 Å². The van der Waals surface area contributed by atoms with Crippen molar-refractivity contribution in [1.29, 1.82) is 0 Å². The minimum Gasteiger partial charge on any atom is -0.353 e. The van der Waals surface area contributed by atoms with E-state index in [1.807, 2.05) is 6.92 Å². The number of halogens is 1. The van der Waals surface area contributed by atoms with Gasteiger partial charge >= 0.3 is 0 Å². The first kappa shape index (κ1) is 19.6. The van der Waals surface area contributed by atoms with Crippen LogP contribution in [-0.4, -0.2) is 37.8 Å². The lowest BCUT2D eigenvalue weighted by atomic mass is 9.93. The van der Waals surface area contributed by atoms with E-state index in [2.05, 4.69) is 5.32 Å². The van der Waals surface area contributed by atoms with Crippen LogP contribution in [0.4, 0.5) is 0 Å². The summed E-state index contributed by atoms with van der Waals surface area (Å²) >= 11 is 6.10. The van der Waals surface area contributed by atoms with Crippen LogP contribution in [-0.2, 0) is 14.8 Å². The van der Waals surface area contributed by atoms with E-state index in [-0.39, 0.29) is 29.3 Å². The third-order valence-electron chi connectivity index (χ3n) is 5.49. The Morgan fingerprint density at radius 2 is 1.88 bits per heavy atom. The standard InChI is InChI=1S/C19H27ClN2O3S/c1-14-9-10-17(12-18(14)20)26(24,25)22-11-5-6-15(13-22)19(23)21-16-7-3-2-4-8-16/h9-10,12,15-16H,2-8,11,13H2,1H3,(H,21,23)/t15-/m0/s1. The normalized spacial score (nSPS) is 22.9. The zero-order valence-electron chi connectivity index (χ0n) is 15.2. The molecule has 0 bridgehead atoms. The van der Waals surface area contributed by atoms with Gasteiger partial charge < -0.3 is 5.32 Å². The zero-order valence-corrected chi connectivity index (χ0v) is 16.8. The summed E-state index contributed by atoms with van der Waals surface area (Å²) in [6.45, 7) is 2.53. The highest BCUT2D eigenvalue weighted by Gasteiger charge is 2.34. The third kappa shape index (κ3) is 4.41. The Kier molecular flexibility index (Phi) is 6.25. The Balaban J connectivity index is 1.68. The van der Waals surface area contributed by atoms with Crippen LogP contribution in [0.1, 0.15) is 50.5 Å². The second-order valence-electron chi connectivity index (χ2n) is 7.46. The van der Waals surface area contributed by atoms with Crippen LogP contribution >= 0.6 is 11.6 Å². The summed E-state index contributed by atoms with van der Waals surface area (Å²) in [4.78, 5) is 12.8. The molecule has 1 aliphatic heterocycles. The van der Waals surface area contributed by atoms with Crippen LogP contribution < -0.4 is 5.32 Å². The Morgan fingerprint density at radius 3 is 2.58 bits per heavy atom. The second-order valence-corrected chi connectivity index (χ2v) is 9.80. The Labute approximate surface area is 161 Å². The van der Waals surface area contributed by atoms with E-state index in [0.717, 1.165) is 37.7 Å². The molecule has 1 saturated carbocycles. The summed E-state index contributed by atoms with van der Waals surface area (Å²) in [6, 6.07) is 5.05. The predicted molar refractivity (Wildman–Crippen MR) is 103 cm³/mol. The molecule has 2 aliphatic rings. The lowest BCUT2D eigenvalue weighted by molar-refractivity contribution is -0.127. The maximum Gasteiger partial charge on any atom is 0.243 e. The van der Waals surface area contributed by atoms with Gasteiger partial charge in [-0.1, -0.05) is 36.9 Å². The molecule has 0 aromatic heterocycles. The summed E-state index contributed by atoms with van der Waals surface area (Å²) < 4.78 is 27.3. The molecule has 0 spiro atoms. The number of rotatable bonds is 4. The number of piperidine rings is 1. The molecule has 1 N–H and O–H groups in total. The molecule has 7 heteroatoms. The molecule has 5 nitrogen and oxygen atoms in total. The van der Waals surface area contributed by atoms with Gasteiger partial charge in [-0.05, 0) is 50.3 Å². The van der Waals surface area contributed by atoms with Crippen molar-refractivity contribution in [3.05, 3.63) is 28.8 Å². The monoisotopic (exact) mass is 398 g/mol. The van der Waals surface area contributed by atoms with Crippen molar-refractivity contribution in [3.8, 4) is 0 Å². The Bertz CT molecular complexity index is 760. The van der Waals surface area contributed by atoms with Crippen molar-refractivity contribution in [2.24, 2.45) is 5.92 Å². The topological polar surface area (TPSA) is 66.5 Å². The quantitative estimate of drug-likeness (QED) is 0.844. The van der Waals surface area contributed by atoms with Gasteiger partial charge in [-0.2, -0.15) is 4.31 Å². The molecule has 0 unspecified atom stereocenters.